The van der Waals surface area contributed by atoms with Crippen LogP contribution in [0.2, 0.25) is 0 Å². The summed E-state index contributed by atoms with van der Waals surface area (Å²) >= 11 is 0. The zero-order chi connectivity index (χ0) is 20.8. The van der Waals surface area contributed by atoms with E-state index in [0.29, 0.717) is 30.2 Å². The van der Waals surface area contributed by atoms with Crippen LogP contribution in [0.5, 0.6) is 5.75 Å². The quantitative estimate of drug-likeness (QED) is 0.522. The molecule has 4 aromatic rings. The van der Waals surface area contributed by atoms with Crippen LogP contribution in [0.15, 0.2) is 64.2 Å². The molecule has 1 aliphatic rings. The predicted octanol–water partition coefficient (Wildman–Crippen LogP) is 2.11. The van der Waals surface area contributed by atoms with E-state index in [2.05, 4.69) is 4.98 Å². The Kier molecular flexibility index (Phi) is 4.20. The number of aryl methyl sites for hydroxylation is 1. The first kappa shape index (κ1) is 18.2. The van der Waals surface area contributed by atoms with Crippen molar-refractivity contribution in [3.8, 4) is 5.75 Å². The zero-order valence-electron chi connectivity index (χ0n) is 16.8. The summed E-state index contributed by atoms with van der Waals surface area (Å²) in [4.78, 5) is 32.9. The average Bonchev–Trinajstić information content (AvgIpc) is 3.35. The largest absolute Gasteiger partial charge is 0.497 e. The highest BCUT2D eigenvalue weighted by Gasteiger charge is 2.28. The van der Waals surface area contributed by atoms with Gasteiger partial charge >= 0.3 is 5.69 Å². The molecule has 2 aromatic heterocycles. The lowest BCUT2D eigenvalue weighted by Crippen LogP contribution is -2.40. The van der Waals surface area contributed by atoms with Crippen LogP contribution < -0.4 is 20.9 Å². The highest BCUT2D eigenvalue weighted by molar-refractivity contribution is 5.77. The van der Waals surface area contributed by atoms with E-state index in [4.69, 9.17) is 4.74 Å². The Morgan fingerprint density at radius 3 is 2.43 bits per heavy atom. The van der Waals surface area contributed by atoms with Gasteiger partial charge in [-0.3, -0.25) is 13.9 Å². The molecule has 2 aromatic carbocycles. The summed E-state index contributed by atoms with van der Waals surface area (Å²) < 4.78 is 9.88. The van der Waals surface area contributed by atoms with E-state index < -0.39 is 0 Å². The number of ether oxygens (including phenoxy) is 1. The molecule has 0 saturated carbocycles. The molecule has 0 spiro atoms. The standard InChI is InChI=1S/C22H21N5O3/c1-24-19-18(20(28)27(22(24)29)14-15-6-4-3-5-7-15)26-13-12-25(21(26)23-19)16-8-10-17(30-2)11-9-16/h3-11H,12-14H2,1-2H3. The Morgan fingerprint density at radius 1 is 1.00 bits per heavy atom. The highest BCUT2D eigenvalue weighted by atomic mass is 16.5. The molecule has 0 bridgehead atoms. The Labute approximate surface area is 172 Å². The second kappa shape index (κ2) is 6.91. The third-order valence-corrected chi connectivity index (χ3v) is 5.57. The van der Waals surface area contributed by atoms with Gasteiger partial charge in [-0.15, -0.1) is 0 Å². The third-order valence-electron chi connectivity index (χ3n) is 5.57. The second-order valence-corrected chi connectivity index (χ2v) is 7.30. The topological polar surface area (TPSA) is 74.3 Å². The molecule has 8 heteroatoms. The van der Waals surface area contributed by atoms with Gasteiger partial charge in [0.15, 0.2) is 11.2 Å². The van der Waals surface area contributed by atoms with E-state index in [1.165, 1.54) is 9.13 Å². The van der Waals surface area contributed by atoms with Crippen molar-refractivity contribution in [2.45, 2.75) is 13.1 Å². The Morgan fingerprint density at radius 2 is 1.73 bits per heavy atom. The van der Waals surface area contributed by atoms with E-state index in [1.807, 2.05) is 64.1 Å². The summed E-state index contributed by atoms with van der Waals surface area (Å²) in [5, 5.41) is 0. The molecule has 5 rings (SSSR count). The van der Waals surface area contributed by atoms with Crippen molar-refractivity contribution in [3.63, 3.8) is 0 Å². The third kappa shape index (κ3) is 2.72. The van der Waals surface area contributed by atoms with Gasteiger partial charge in [0.1, 0.15) is 5.75 Å². The van der Waals surface area contributed by atoms with Gasteiger partial charge in [0.2, 0.25) is 5.95 Å². The van der Waals surface area contributed by atoms with Crippen molar-refractivity contribution >= 4 is 22.8 Å². The predicted molar refractivity (Wildman–Crippen MR) is 115 cm³/mol. The van der Waals surface area contributed by atoms with Crippen molar-refractivity contribution in [2.75, 3.05) is 18.6 Å². The van der Waals surface area contributed by atoms with Gasteiger partial charge in [0.25, 0.3) is 5.56 Å². The smallest absolute Gasteiger partial charge is 0.332 e. The molecule has 0 N–H and O–H groups in total. The maximum atomic E-state index is 13.3. The fourth-order valence-electron chi connectivity index (χ4n) is 3.99. The fraction of sp³-hybridized carbons (Fsp3) is 0.227. The van der Waals surface area contributed by atoms with Crippen molar-refractivity contribution in [3.05, 3.63) is 81.0 Å². The SMILES string of the molecule is COc1ccc(N2CCn3c2nc2c3c(=O)n(Cc3ccccc3)c(=O)n2C)cc1. The molecule has 0 unspecified atom stereocenters. The molecule has 30 heavy (non-hydrogen) atoms. The number of hydrogen-bond acceptors (Lipinski definition) is 5. The number of rotatable bonds is 4. The number of hydrogen-bond donors (Lipinski definition) is 0. The summed E-state index contributed by atoms with van der Waals surface area (Å²) in [6.45, 7) is 1.55. The minimum atomic E-state index is -0.371. The van der Waals surface area contributed by atoms with Crippen LogP contribution in [-0.4, -0.2) is 32.3 Å². The molecule has 8 nitrogen and oxygen atoms in total. The molecular weight excluding hydrogens is 382 g/mol. The van der Waals surface area contributed by atoms with E-state index in [9.17, 15) is 9.59 Å². The summed E-state index contributed by atoms with van der Waals surface area (Å²) in [5.41, 5.74) is 2.04. The molecule has 0 amide bonds. The van der Waals surface area contributed by atoms with E-state index >= 15 is 0 Å². The number of aromatic nitrogens is 4. The van der Waals surface area contributed by atoms with E-state index in [1.54, 1.807) is 14.2 Å². The average molecular weight is 403 g/mol. The van der Waals surface area contributed by atoms with Crippen LogP contribution in [-0.2, 0) is 20.1 Å². The lowest BCUT2D eigenvalue weighted by atomic mass is 10.2. The lowest BCUT2D eigenvalue weighted by Gasteiger charge is -2.16. The van der Waals surface area contributed by atoms with E-state index in [0.717, 1.165) is 17.0 Å². The maximum Gasteiger partial charge on any atom is 0.332 e. The van der Waals surface area contributed by atoms with Crippen LogP contribution >= 0.6 is 0 Å². The Balaban J connectivity index is 1.65. The Bertz CT molecular complexity index is 1350. The number of anilines is 2. The van der Waals surface area contributed by atoms with Gasteiger partial charge in [-0.25, -0.2) is 4.79 Å². The molecule has 0 fully saturated rings. The van der Waals surface area contributed by atoms with Gasteiger partial charge in [0, 0.05) is 25.8 Å². The second-order valence-electron chi connectivity index (χ2n) is 7.30. The van der Waals surface area contributed by atoms with Gasteiger partial charge in [0.05, 0.1) is 13.7 Å². The number of benzene rings is 2. The highest BCUT2D eigenvalue weighted by Crippen LogP contribution is 2.32. The molecule has 1 aliphatic heterocycles. The first-order valence-electron chi connectivity index (χ1n) is 9.74. The maximum absolute atomic E-state index is 13.3. The molecule has 152 valence electrons. The normalized spacial score (nSPS) is 13.1. The lowest BCUT2D eigenvalue weighted by molar-refractivity contribution is 0.415. The van der Waals surface area contributed by atoms with Gasteiger partial charge in [-0.05, 0) is 29.8 Å². The van der Waals surface area contributed by atoms with Gasteiger partial charge in [-0.1, -0.05) is 30.3 Å². The minimum Gasteiger partial charge on any atom is -0.497 e. The number of methoxy groups -OCH3 is 1. The molecule has 3 heterocycles. The number of nitrogens with zero attached hydrogens (tertiary/aromatic N) is 5. The van der Waals surface area contributed by atoms with Crippen molar-refractivity contribution in [1.82, 2.24) is 18.7 Å². The monoisotopic (exact) mass is 403 g/mol. The molecule has 0 saturated heterocycles. The minimum absolute atomic E-state index is 0.227. The molecule has 0 atom stereocenters. The van der Waals surface area contributed by atoms with Crippen LogP contribution in [0, 0.1) is 0 Å². The van der Waals surface area contributed by atoms with Crippen LogP contribution in [0.4, 0.5) is 11.6 Å². The summed E-state index contributed by atoms with van der Waals surface area (Å²) in [5.74, 6) is 1.44. The molecule has 0 aliphatic carbocycles. The zero-order valence-corrected chi connectivity index (χ0v) is 16.8. The van der Waals surface area contributed by atoms with Crippen molar-refractivity contribution in [1.29, 1.82) is 0 Å². The van der Waals surface area contributed by atoms with Crippen LogP contribution in [0.1, 0.15) is 5.56 Å². The number of imidazole rings is 1. The van der Waals surface area contributed by atoms with Crippen molar-refractivity contribution in [2.24, 2.45) is 7.05 Å². The number of fused-ring (bicyclic) bond motifs is 3. The fourth-order valence-corrected chi connectivity index (χ4v) is 3.99. The summed E-state index contributed by atoms with van der Waals surface area (Å²) in [6, 6.07) is 17.2. The Hall–Kier alpha value is -3.81. The first-order chi connectivity index (χ1) is 14.6. The van der Waals surface area contributed by atoms with Crippen LogP contribution in [0.3, 0.4) is 0 Å². The van der Waals surface area contributed by atoms with Gasteiger partial charge in [-0.2, -0.15) is 4.98 Å². The molecule has 0 radical (unpaired) electrons. The summed E-state index contributed by atoms with van der Waals surface area (Å²) in [7, 11) is 3.29. The van der Waals surface area contributed by atoms with E-state index in [-0.39, 0.29) is 17.8 Å². The molecular formula is C22H21N5O3. The summed E-state index contributed by atoms with van der Waals surface area (Å²) in [6.07, 6.45) is 0. The first-order valence-corrected chi connectivity index (χ1v) is 9.74. The van der Waals surface area contributed by atoms with Crippen molar-refractivity contribution < 1.29 is 4.74 Å². The van der Waals surface area contributed by atoms with Crippen LogP contribution in [0.25, 0.3) is 11.2 Å². The van der Waals surface area contributed by atoms with Gasteiger partial charge < -0.3 is 14.2 Å².